The second-order valence-corrected chi connectivity index (χ2v) is 7.26. The molecule has 0 radical (unpaired) electrons. The number of rotatable bonds is 7. The lowest BCUT2D eigenvalue weighted by Crippen LogP contribution is -2.41. The van der Waals surface area contributed by atoms with Crippen molar-refractivity contribution in [1.82, 2.24) is 35.0 Å². The Kier molecular flexibility index (Phi) is 5.68. The average molecular weight is 395 g/mol. The summed E-state index contributed by atoms with van der Waals surface area (Å²) in [6.07, 6.45) is 3.59. The maximum absolute atomic E-state index is 12.2. The van der Waals surface area contributed by atoms with Crippen molar-refractivity contribution < 1.29 is 9.53 Å². The number of aromatic nitrogens is 5. The van der Waals surface area contributed by atoms with Gasteiger partial charge in [-0.1, -0.05) is 23.4 Å². The van der Waals surface area contributed by atoms with Gasteiger partial charge in [0.1, 0.15) is 6.61 Å². The lowest BCUT2D eigenvalue weighted by Gasteiger charge is -2.20. The van der Waals surface area contributed by atoms with Gasteiger partial charge in [0.2, 0.25) is 5.91 Å². The van der Waals surface area contributed by atoms with Gasteiger partial charge in [-0.05, 0) is 18.2 Å². The summed E-state index contributed by atoms with van der Waals surface area (Å²) in [7, 11) is 3.46. The summed E-state index contributed by atoms with van der Waals surface area (Å²) in [5.41, 5.74) is 3.08. The lowest BCUT2D eigenvalue weighted by molar-refractivity contribution is -0.125. The van der Waals surface area contributed by atoms with Crippen LogP contribution < -0.4 is 5.32 Å². The minimum absolute atomic E-state index is 0.0193. The smallest absolute Gasteiger partial charge is 0.246 e. The highest BCUT2D eigenvalue weighted by molar-refractivity contribution is 5.77. The number of benzene rings is 1. The van der Waals surface area contributed by atoms with E-state index < -0.39 is 0 Å². The van der Waals surface area contributed by atoms with Crippen LogP contribution in [0.2, 0.25) is 0 Å². The summed E-state index contributed by atoms with van der Waals surface area (Å²) in [5, 5.41) is 15.8. The molecule has 1 amide bonds. The Morgan fingerprint density at radius 1 is 1.24 bits per heavy atom. The summed E-state index contributed by atoms with van der Waals surface area (Å²) in [6, 6.07) is 12.0. The molecule has 1 saturated heterocycles. The number of carbonyl (C=O) groups is 1. The van der Waals surface area contributed by atoms with Crippen LogP contribution in [0.4, 0.5) is 0 Å². The Hall–Kier alpha value is -3.04. The largest absolute Gasteiger partial charge is 0.375 e. The van der Waals surface area contributed by atoms with E-state index in [1.54, 1.807) is 12.4 Å². The molecule has 152 valence electrons. The minimum atomic E-state index is -0.109. The highest BCUT2D eigenvalue weighted by Crippen LogP contribution is 2.28. The number of aryl methyl sites for hydroxylation is 1. The van der Waals surface area contributed by atoms with Crippen LogP contribution in [0.5, 0.6) is 0 Å². The standard InChI is InChI=1S/C20H25N7O2/c1-25-19(8-9-22-25)17-12-26(13-18(17)23-20(28)14-29-2)11-16-10-21-24-27(16)15-6-4-3-5-7-15/h3-10,17-18H,11-14H2,1-2H3,(H,23,28)/t17-,18-/m1/s1. The van der Waals surface area contributed by atoms with Gasteiger partial charge in [-0.15, -0.1) is 5.10 Å². The molecule has 0 unspecified atom stereocenters. The average Bonchev–Trinajstić information content (AvgIpc) is 3.43. The maximum Gasteiger partial charge on any atom is 0.246 e. The zero-order valence-corrected chi connectivity index (χ0v) is 16.6. The van der Waals surface area contributed by atoms with Crippen LogP contribution in [0.25, 0.3) is 5.69 Å². The van der Waals surface area contributed by atoms with Crippen molar-refractivity contribution in [2.75, 3.05) is 26.8 Å². The number of carbonyl (C=O) groups excluding carboxylic acids is 1. The first-order chi connectivity index (χ1) is 14.2. The molecule has 29 heavy (non-hydrogen) atoms. The van der Waals surface area contributed by atoms with Crippen molar-refractivity contribution in [3.05, 3.63) is 60.2 Å². The van der Waals surface area contributed by atoms with Crippen LogP contribution in [0.15, 0.2) is 48.8 Å². The fraction of sp³-hybridized carbons (Fsp3) is 0.400. The third-order valence-corrected chi connectivity index (χ3v) is 5.26. The van der Waals surface area contributed by atoms with E-state index in [-0.39, 0.29) is 24.5 Å². The molecule has 0 aliphatic carbocycles. The van der Waals surface area contributed by atoms with Crippen LogP contribution in [-0.4, -0.2) is 68.4 Å². The maximum atomic E-state index is 12.2. The van der Waals surface area contributed by atoms with Crippen molar-refractivity contribution >= 4 is 5.91 Å². The van der Waals surface area contributed by atoms with Crippen molar-refractivity contribution in [3.63, 3.8) is 0 Å². The van der Waals surface area contributed by atoms with Gasteiger partial charge in [-0.25, -0.2) is 4.68 Å². The highest BCUT2D eigenvalue weighted by Gasteiger charge is 2.36. The Bertz CT molecular complexity index is 953. The molecule has 3 aromatic rings. The topological polar surface area (TPSA) is 90.1 Å². The van der Waals surface area contributed by atoms with E-state index in [2.05, 4.69) is 25.6 Å². The molecule has 1 N–H and O–H groups in total. The van der Waals surface area contributed by atoms with Crippen molar-refractivity contribution in [1.29, 1.82) is 0 Å². The summed E-state index contributed by atoms with van der Waals surface area (Å²) in [6.45, 7) is 2.27. The molecule has 1 aliphatic heterocycles. The zero-order valence-electron chi connectivity index (χ0n) is 16.6. The fourth-order valence-electron chi connectivity index (χ4n) is 3.97. The minimum Gasteiger partial charge on any atom is -0.375 e. The van der Waals surface area contributed by atoms with Gasteiger partial charge in [0.05, 0.1) is 23.6 Å². The van der Waals surface area contributed by atoms with E-state index >= 15 is 0 Å². The number of nitrogens with one attached hydrogen (secondary N) is 1. The molecule has 9 nitrogen and oxygen atoms in total. The van der Waals surface area contributed by atoms with Crippen LogP contribution in [0.1, 0.15) is 17.3 Å². The van der Waals surface area contributed by atoms with Gasteiger partial charge in [0, 0.05) is 51.6 Å². The van der Waals surface area contributed by atoms with E-state index in [0.29, 0.717) is 6.54 Å². The van der Waals surface area contributed by atoms with Crippen LogP contribution >= 0.6 is 0 Å². The molecule has 0 bridgehead atoms. The summed E-state index contributed by atoms with van der Waals surface area (Å²) in [5.74, 6) is 0.0341. The fourth-order valence-corrected chi connectivity index (χ4v) is 3.97. The first-order valence-electron chi connectivity index (χ1n) is 9.59. The summed E-state index contributed by atoms with van der Waals surface area (Å²) in [4.78, 5) is 14.5. The number of hydrogen-bond donors (Lipinski definition) is 1. The molecule has 1 aromatic carbocycles. The molecular formula is C20H25N7O2. The summed E-state index contributed by atoms with van der Waals surface area (Å²) >= 11 is 0. The zero-order chi connectivity index (χ0) is 20.2. The van der Waals surface area contributed by atoms with E-state index in [1.807, 2.05) is 52.8 Å². The SMILES string of the molecule is COCC(=O)N[C@@H]1CN(Cc2cnnn2-c2ccccc2)C[C@H]1c1ccnn1C. The molecule has 9 heteroatoms. The van der Waals surface area contributed by atoms with Crippen LogP contribution in [0, 0.1) is 0 Å². The van der Waals surface area contributed by atoms with Crippen molar-refractivity contribution in [2.24, 2.45) is 7.05 Å². The summed E-state index contributed by atoms with van der Waals surface area (Å²) < 4.78 is 8.71. The second kappa shape index (κ2) is 8.54. The second-order valence-electron chi connectivity index (χ2n) is 7.26. The number of likely N-dealkylation sites (tertiary alicyclic amines) is 1. The predicted molar refractivity (Wildman–Crippen MR) is 106 cm³/mol. The van der Waals surface area contributed by atoms with Crippen LogP contribution in [-0.2, 0) is 23.1 Å². The molecule has 4 rings (SSSR count). The molecular weight excluding hydrogens is 370 g/mol. The van der Waals surface area contributed by atoms with E-state index in [9.17, 15) is 4.79 Å². The first kappa shape index (κ1) is 19.3. The third-order valence-electron chi connectivity index (χ3n) is 5.26. The quantitative estimate of drug-likeness (QED) is 0.634. The van der Waals surface area contributed by atoms with Crippen molar-refractivity contribution in [3.8, 4) is 5.69 Å². The van der Waals surface area contributed by atoms with Gasteiger partial charge in [-0.3, -0.25) is 14.4 Å². The monoisotopic (exact) mass is 395 g/mol. The normalized spacial score (nSPS) is 19.5. The molecule has 2 atom stereocenters. The van der Waals surface area contributed by atoms with Gasteiger partial charge in [0.25, 0.3) is 0 Å². The van der Waals surface area contributed by atoms with Gasteiger partial charge >= 0.3 is 0 Å². The van der Waals surface area contributed by atoms with Gasteiger partial charge in [-0.2, -0.15) is 5.10 Å². The molecule has 1 fully saturated rings. The molecule has 2 aromatic heterocycles. The van der Waals surface area contributed by atoms with E-state index in [0.717, 1.165) is 30.2 Å². The Balaban J connectivity index is 1.53. The molecule has 0 spiro atoms. The highest BCUT2D eigenvalue weighted by atomic mass is 16.5. The third kappa shape index (κ3) is 4.20. The molecule has 0 saturated carbocycles. The number of amides is 1. The van der Waals surface area contributed by atoms with E-state index in [4.69, 9.17) is 4.74 Å². The van der Waals surface area contributed by atoms with E-state index in [1.165, 1.54) is 7.11 Å². The molecule has 3 heterocycles. The Morgan fingerprint density at radius 3 is 2.79 bits per heavy atom. The number of hydrogen-bond acceptors (Lipinski definition) is 6. The van der Waals surface area contributed by atoms with Crippen molar-refractivity contribution in [2.45, 2.75) is 18.5 Å². The lowest BCUT2D eigenvalue weighted by atomic mass is 9.99. The number of methoxy groups -OCH3 is 1. The number of nitrogens with zero attached hydrogens (tertiary/aromatic N) is 6. The van der Waals surface area contributed by atoms with Crippen LogP contribution in [0.3, 0.4) is 0 Å². The number of ether oxygens (including phenoxy) is 1. The first-order valence-corrected chi connectivity index (χ1v) is 9.59. The Labute approximate surface area is 169 Å². The predicted octanol–water partition coefficient (Wildman–Crippen LogP) is 0.731. The van der Waals surface area contributed by atoms with Gasteiger partial charge in [0.15, 0.2) is 0 Å². The molecule has 1 aliphatic rings. The number of para-hydroxylation sites is 1. The Morgan fingerprint density at radius 2 is 2.07 bits per heavy atom. The van der Waals surface area contributed by atoms with Gasteiger partial charge < -0.3 is 10.1 Å².